The number of rotatable bonds is 3. The Bertz CT molecular complexity index is 485. The Labute approximate surface area is 112 Å². The molecule has 2 rings (SSSR count). The highest BCUT2D eigenvalue weighted by molar-refractivity contribution is 5.95. The molecule has 5 nitrogen and oxygen atoms in total. The molecule has 19 heavy (non-hydrogen) atoms. The van der Waals surface area contributed by atoms with E-state index in [1.807, 2.05) is 30.3 Å². The first kappa shape index (κ1) is 13.3. The van der Waals surface area contributed by atoms with Gasteiger partial charge in [0.15, 0.2) is 0 Å². The van der Waals surface area contributed by atoms with Crippen LogP contribution in [0.3, 0.4) is 0 Å². The summed E-state index contributed by atoms with van der Waals surface area (Å²) in [6.07, 6.45) is 3.22. The van der Waals surface area contributed by atoms with Crippen molar-refractivity contribution in [3.8, 4) is 0 Å². The second kappa shape index (κ2) is 6.15. The van der Waals surface area contributed by atoms with Crippen molar-refractivity contribution in [2.45, 2.75) is 6.04 Å². The second-order valence-corrected chi connectivity index (χ2v) is 4.40. The molecule has 0 saturated carbocycles. The maximum absolute atomic E-state index is 12.1. The molecule has 1 saturated heterocycles. The van der Waals surface area contributed by atoms with Crippen LogP contribution >= 0.6 is 0 Å². The summed E-state index contributed by atoms with van der Waals surface area (Å²) in [4.78, 5) is 24.9. The molecule has 1 heterocycles. The smallest absolute Gasteiger partial charge is 0.247 e. The van der Waals surface area contributed by atoms with Gasteiger partial charge in [-0.2, -0.15) is 0 Å². The van der Waals surface area contributed by atoms with Gasteiger partial charge < -0.3 is 16.0 Å². The third-order valence-electron chi connectivity index (χ3n) is 3.07. The summed E-state index contributed by atoms with van der Waals surface area (Å²) in [6.45, 7) is 1.58. The molecule has 5 heteroatoms. The summed E-state index contributed by atoms with van der Waals surface area (Å²) in [7, 11) is 0. The van der Waals surface area contributed by atoms with E-state index in [1.165, 1.54) is 11.0 Å². The zero-order valence-corrected chi connectivity index (χ0v) is 10.6. The highest BCUT2D eigenvalue weighted by atomic mass is 16.2. The SMILES string of the molecule is NC(=O)C1CNCCN1C(=O)C=Cc1ccccc1. The van der Waals surface area contributed by atoms with Crippen LogP contribution < -0.4 is 11.1 Å². The maximum atomic E-state index is 12.1. The molecular weight excluding hydrogens is 242 g/mol. The molecule has 1 aliphatic rings. The van der Waals surface area contributed by atoms with Crippen molar-refractivity contribution < 1.29 is 9.59 Å². The van der Waals surface area contributed by atoms with Gasteiger partial charge in [-0.15, -0.1) is 0 Å². The summed E-state index contributed by atoms with van der Waals surface area (Å²) in [5, 5.41) is 3.06. The molecule has 0 radical (unpaired) electrons. The highest BCUT2D eigenvalue weighted by Gasteiger charge is 2.29. The van der Waals surface area contributed by atoms with Crippen molar-refractivity contribution in [2.24, 2.45) is 5.73 Å². The van der Waals surface area contributed by atoms with Crippen molar-refractivity contribution in [2.75, 3.05) is 19.6 Å². The van der Waals surface area contributed by atoms with Crippen LogP contribution in [0, 0.1) is 0 Å². The van der Waals surface area contributed by atoms with Gasteiger partial charge in [0, 0.05) is 25.7 Å². The fraction of sp³-hybridized carbons (Fsp3) is 0.286. The predicted octanol–water partition coefficient (Wildman–Crippen LogP) is -0.0145. The van der Waals surface area contributed by atoms with Crippen molar-refractivity contribution in [1.29, 1.82) is 0 Å². The van der Waals surface area contributed by atoms with Gasteiger partial charge >= 0.3 is 0 Å². The van der Waals surface area contributed by atoms with Crippen LogP contribution in [0.25, 0.3) is 6.08 Å². The zero-order valence-electron chi connectivity index (χ0n) is 10.6. The molecular formula is C14H17N3O2. The average molecular weight is 259 g/mol. The summed E-state index contributed by atoms with van der Waals surface area (Å²) in [6, 6.07) is 8.97. The molecule has 0 bridgehead atoms. The van der Waals surface area contributed by atoms with Crippen LogP contribution in [0.1, 0.15) is 5.56 Å². The van der Waals surface area contributed by atoms with Crippen LogP contribution in [0.4, 0.5) is 0 Å². The number of carbonyl (C=O) groups is 2. The van der Waals surface area contributed by atoms with E-state index in [4.69, 9.17) is 5.73 Å². The van der Waals surface area contributed by atoms with E-state index < -0.39 is 11.9 Å². The second-order valence-electron chi connectivity index (χ2n) is 4.40. The quantitative estimate of drug-likeness (QED) is 0.749. The van der Waals surface area contributed by atoms with Crippen LogP contribution in [0.15, 0.2) is 36.4 Å². The van der Waals surface area contributed by atoms with Gasteiger partial charge in [0.25, 0.3) is 0 Å². The van der Waals surface area contributed by atoms with E-state index in [1.54, 1.807) is 6.08 Å². The Morgan fingerprint density at radius 1 is 1.32 bits per heavy atom. The minimum Gasteiger partial charge on any atom is -0.368 e. The van der Waals surface area contributed by atoms with E-state index in [0.717, 1.165) is 5.56 Å². The number of nitrogens with two attached hydrogens (primary N) is 1. The molecule has 0 aromatic heterocycles. The molecule has 1 unspecified atom stereocenters. The Hall–Kier alpha value is -2.14. The largest absolute Gasteiger partial charge is 0.368 e. The molecule has 1 atom stereocenters. The fourth-order valence-corrected chi connectivity index (χ4v) is 2.05. The number of nitrogens with zero attached hydrogens (tertiary/aromatic N) is 1. The Balaban J connectivity index is 2.06. The predicted molar refractivity (Wildman–Crippen MR) is 73.0 cm³/mol. The summed E-state index contributed by atoms with van der Waals surface area (Å²) >= 11 is 0. The Kier molecular flexibility index (Phi) is 4.30. The highest BCUT2D eigenvalue weighted by Crippen LogP contribution is 2.06. The summed E-state index contributed by atoms with van der Waals surface area (Å²) < 4.78 is 0. The van der Waals surface area contributed by atoms with Gasteiger partial charge in [-0.05, 0) is 11.6 Å². The number of primary amides is 1. The number of benzene rings is 1. The van der Waals surface area contributed by atoms with Gasteiger partial charge in [0.1, 0.15) is 6.04 Å². The zero-order chi connectivity index (χ0) is 13.7. The normalized spacial score (nSPS) is 19.6. The van der Waals surface area contributed by atoms with Gasteiger partial charge in [0.2, 0.25) is 11.8 Å². The van der Waals surface area contributed by atoms with E-state index in [0.29, 0.717) is 19.6 Å². The van der Waals surface area contributed by atoms with E-state index >= 15 is 0 Å². The lowest BCUT2D eigenvalue weighted by atomic mass is 10.1. The topological polar surface area (TPSA) is 75.4 Å². The molecule has 0 spiro atoms. The number of nitrogens with one attached hydrogen (secondary N) is 1. The molecule has 100 valence electrons. The van der Waals surface area contributed by atoms with Gasteiger partial charge in [-0.1, -0.05) is 30.3 Å². The monoisotopic (exact) mass is 259 g/mol. The third-order valence-corrected chi connectivity index (χ3v) is 3.07. The van der Waals surface area contributed by atoms with Crippen LogP contribution in [-0.2, 0) is 9.59 Å². The molecule has 1 fully saturated rings. The molecule has 3 N–H and O–H groups in total. The number of hydrogen-bond donors (Lipinski definition) is 2. The lowest BCUT2D eigenvalue weighted by Crippen LogP contribution is -2.58. The first-order valence-electron chi connectivity index (χ1n) is 6.22. The average Bonchev–Trinajstić information content (AvgIpc) is 2.46. The Morgan fingerprint density at radius 2 is 2.05 bits per heavy atom. The fourth-order valence-electron chi connectivity index (χ4n) is 2.05. The molecule has 2 amide bonds. The third kappa shape index (κ3) is 3.42. The molecule has 0 aliphatic carbocycles. The standard InChI is InChI=1S/C14H17N3O2/c15-14(19)12-10-16-8-9-17(12)13(18)7-6-11-4-2-1-3-5-11/h1-7,12,16H,8-10H2,(H2,15,19). The van der Waals surface area contributed by atoms with Gasteiger partial charge in [-0.25, -0.2) is 0 Å². The molecule has 1 aliphatic heterocycles. The van der Waals surface area contributed by atoms with Crippen molar-refractivity contribution >= 4 is 17.9 Å². The van der Waals surface area contributed by atoms with Gasteiger partial charge in [0.05, 0.1) is 0 Å². The first-order valence-corrected chi connectivity index (χ1v) is 6.22. The first-order chi connectivity index (χ1) is 9.18. The lowest BCUT2D eigenvalue weighted by molar-refractivity contribution is -0.136. The van der Waals surface area contributed by atoms with Gasteiger partial charge in [-0.3, -0.25) is 9.59 Å². The number of amides is 2. The summed E-state index contributed by atoms with van der Waals surface area (Å²) in [5.74, 6) is -0.664. The minimum absolute atomic E-state index is 0.186. The molecule has 1 aromatic carbocycles. The van der Waals surface area contributed by atoms with Crippen LogP contribution in [-0.4, -0.2) is 42.4 Å². The van der Waals surface area contributed by atoms with Crippen LogP contribution in [0.2, 0.25) is 0 Å². The Morgan fingerprint density at radius 3 is 2.74 bits per heavy atom. The number of carbonyl (C=O) groups excluding carboxylic acids is 2. The van der Waals surface area contributed by atoms with E-state index in [-0.39, 0.29) is 5.91 Å². The van der Waals surface area contributed by atoms with Crippen molar-refractivity contribution in [3.63, 3.8) is 0 Å². The van der Waals surface area contributed by atoms with Crippen LogP contribution in [0.5, 0.6) is 0 Å². The molecule has 1 aromatic rings. The van der Waals surface area contributed by atoms with Crippen molar-refractivity contribution in [1.82, 2.24) is 10.2 Å². The lowest BCUT2D eigenvalue weighted by Gasteiger charge is -2.33. The van der Waals surface area contributed by atoms with E-state index in [2.05, 4.69) is 5.32 Å². The number of hydrogen-bond acceptors (Lipinski definition) is 3. The van der Waals surface area contributed by atoms with E-state index in [9.17, 15) is 9.59 Å². The number of piperazine rings is 1. The maximum Gasteiger partial charge on any atom is 0.247 e. The van der Waals surface area contributed by atoms with Crippen molar-refractivity contribution in [3.05, 3.63) is 42.0 Å². The summed E-state index contributed by atoms with van der Waals surface area (Å²) in [5.41, 5.74) is 6.25. The minimum atomic E-state index is -0.568.